The first-order valence-electron chi connectivity index (χ1n) is 15.9. The van der Waals surface area contributed by atoms with Crippen molar-refractivity contribution in [2.24, 2.45) is 0 Å². The van der Waals surface area contributed by atoms with Crippen molar-refractivity contribution in [1.29, 1.82) is 0 Å². The molecule has 2 aromatic heterocycles. The monoisotopic (exact) mass is 601 g/mol. The van der Waals surface area contributed by atoms with Crippen LogP contribution in [0.2, 0.25) is 0 Å². The Hall–Kier alpha value is -6.32. The van der Waals surface area contributed by atoms with Gasteiger partial charge in [0.25, 0.3) is 0 Å². The van der Waals surface area contributed by atoms with E-state index in [1.165, 1.54) is 21.9 Å². The van der Waals surface area contributed by atoms with Crippen LogP contribution < -0.4 is 4.90 Å². The van der Waals surface area contributed by atoms with Crippen LogP contribution in [0.3, 0.4) is 0 Å². The molecular formula is C44H27NO2. The minimum atomic E-state index is 0.755. The Morgan fingerprint density at radius 2 is 0.851 bits per heavy atom. The van der Waals surface area contributed by atoms with Crippen LogP contribution in [0, 0.1) is 0 Å². The number of para-hydroxylation sites is 1. The number of fused-ring (bicyclic) bond motifs is 9. The predicted molar refractivity (Wildman–Crippen MR) is 196 cm³/mol. The van der Waals surface area contributed by atoms with Gasteiger partial charge >= 0.3 is 0 Å². The summed E-state index contributed by atoms with van der Waals surface area (Å²) in [6, 6.07) is 57.9. The maximum atomic E-state index is 6.82. The largest absolute Gasteiger partial charge is 0.452 e. The zero-order valence-corrected chi connectivity index (χ0v) is 25.4. The maximum Gasteiger partial charge on any atom is 0.180 e. The summed E-state index contributed by atoms with van der Waals surface area (Å²) in [6.45, 7) is 0. The van der Waals surface area contributed by atoms with E-state index in [1.54, 1.807) is 0 Å². The normalized spacial score (nSPS) is 11.8. The number of hydrogen-bond acceptors (Lipinski definition) is 3. The lowest BCUT2D eigenvalue weighted by Gasteiger charge is -2.26. The van der Waals surface area contributed by atoms with Crippen molar-refractivity contribution >= 4 is 82.5 Å². The van der Waals surface area contributed by atoms with Gasteiger partial charge < -0.3 is 13.7 Å². The van der Waals surface area contributed by atoms with Gasteiger partial charge in [-0.05, 0) is 87.3 Å². The number of benzene rings is 8. The van der Waals surface area contributed by atoms with Gasteiger partial charge in [0, 0.05) is 27.5 Å². The average molecular weight is 602 g/mol. The molecule has 47 heavy (non-hydrogen) atoms. The molecular weight excluding hydrogens is 574 g/mol. The summed E-state index contributed by atoms with van der Waals surface area (Å²) >= 11 is 0. The van der Waals surface area contributed by atoms with Gasteiger partial charge in [-0.3, -0.25) is 0 Å². The summed E-state index contributed by atoms with van der Waals surface area (Å²) < 4.78 is 13.5. The Kier molecular flexibility index (Phi) is 5.57. The molecule has 8 aromatic carbocycles. The van der Waals surface area contributed by atoms with Crippen molar-refractivity contribution in [2.75, 3.05) is 4.90 Å². The molecule has 220 valence electrons. The highest BCUT2D eigenvalue weighted by Crippen LogP contribution is 2.49. The lowest BCUT2D eigenvalue weighted by Crippen LogP contribution is -2.10. The van der Waals surface area contributed by atoms with E-state index in [2.05, 4.69) is 169 Å². The van der Waals surface area contributed by atoms with Gasteiger partial charge in [-0.1, -0.05) is 109 Å². The topological polar surface area (TPSA) is 29.5 Å². The van der Waals surface area contributed by atoms with E-state index in [1.807, 2.05) is 0 Å². The Balaban J connectivity index is 1.32. The summed E-state index contributed by atoms with van der Waals surface area (Å²) in [4.78, 5) is 2.35. The minimum absolute atomic E-state index is 0.755. The Morgan fingerprint density at radius 3 is 1.51 bits per heavy atom. The molecule has 0 atom stereocenters. The number of anilines is 3. The second kappa shape index (κ2) is 10.1. The molecule has 0 aliphatic carbocycles. The highest BCUT2D eigenvalue weighted by Gasteiger charge is 2.25. The number of nitrogens with zero attached hydrogens (tertiary/aromatic N) is 1. The van der Waals surface area contributed by atoms with Crippen LogP contribution in [0.25, 0.3) is 76.5 Å². The summed E-state index contributed by atoms with van der Waals surface area (Å²) in [5.74, 6) is 0. The zero-order chi connectivity index (χ0) is 30.9. The first kappa shape index (κ1) is 26.0. The highest BCUT2D eigenvalue weighted by atomic mass is 16.4. The van der Waals surface area contributed by atoms with E-state index >= 15 is 0 Å². The van der Waals surface area contributed by atoms with Crippen LogP contribution in [0.15, 0.2) is 173 Å². The third-order valence-electron chi connectivity index (χ3n) is 9.38. The van der Waals surface area contributed by atoms with Crippen LogP contribution in [-0.2, 0) is 0 Å². The number of furan rings is 2. The van der Waals surface area contributed by atoms with E-state index in [4.69, 9.17) is 8.83 Å². The van der Waals surface area contributed by atoms with Gasteiger partial charge in [-0.2, -0.15) is 0 Å². The molecule has 0 aliphatic heterocycles. The third kappa shape index (κ3) is 4.07. The molecule has 0 bridgehead atoms. The van der Waals surface area contributed by atoms with Crippen molar-refractivity contribution < 1.29 is 8.83 Å². The number of hydrogen-bond donors (Lipinski definition) is 0. The summed E-state index contributed by atoms with van der Waals surface area (Å²) in [5, 5.41) is 8.82. The summed E-state index contributed by atoms with van der Waals surface area (Å²) in [7, 11) is 0. The summed E-state index contributed by atoms with van der Waals surface area (Å²) in [6.07, 6.45) is 0. The molecule has 0 unspecified atom stereocenters. The zero-order valence-electron chi connectivity index (χ0n) is 25.4. The molecule has 0 spiro atoms. The maximum absolute atomic E-state index is 6.82. The van der Waals surface area contributed by atoms with E-state index in [0.29, 0.717) is 0 Å². The van der Waals surface area contributed by atoms with E-state index in [-0.39, 0.29) is 0 Å². The minimum Gasteiger partial charge on any atom is -0.452 e. The predicted octanol–water partition coefficient (Wildman–Crippen LogP) is 12.9. The van der Waals surface area contributed by atoms with Crippen LogP contribution in [0.4, 0.5) is 17.1 Å². The molecule has 10 rings (SSSR count). The summed E-state index contributed by atoms with van der Waals surface area (Å²) in [5.41, 5.74) is 8.74. The van der Waals surface area contributed by atoms with Crippen molar-refractivity contribution in [1.82, 2.24) is 0 Å². The third-order valence-corrected chi connectivity index (χ3v) is 9.38. The van der Waals surface area contributed by atoms with Crippen molar-refractivity contribution in [3.63, 3.8) is 0 Å². The van der Waals surface area contributed by atoms with Gasteiger partial charge in [-0.25, -0.2) is 0 Å². The molecule has 0 saturated heterocycles. The molecule has 10 aromatic rings. The van der Waals surface area contributed by atoms with Crippen LogP contribution in [0.5, 0.6) is 0 Å². The average Bonchev–Trinajstić information content (AvgIpc) is 3.68. The van der Waals surface area contributed by atoms with Crippen molar-refractivity contribution in [3.05, 3.63) is 164 Å². The molecule has 0 saturated carbocycles. The van der Waals surface area contributed by atoms with Gasteiger partial charge in [0.2, 0.25) is 0 Å². The Bertz CT molecular complexity index is 2770. The van der Waals surface area contributed by atoms with E-state index in [9.17, 15) is 0 Å². The lowest BCUT2D eigenvalue weighted by molar-refractivity contribution is 0.634. The fourth-order valence-electron chi connectivity index (χ4n) is 7.13. The van der Waals surface area contributed by atoms with Crippen molar-refractivity contribution in [2.45, 2.75) is 0 Å². The second-order valence-electron chi connectivity index (χ2n) is 12.2. The van der Waals surface area contributed by atoms with Gasteiger partial charge in [0.15, 0.2) is 11.2 Å². The van der Waals surface area contributed by atoms with Crippen LogP contribution >= 0.6 is 0 Å². The molecule has 2 heterocycles. The Labute approximate surface area is 270 Å². The van der Waals surface area contributed by atoms with Gasteiger partial charge in [0.05, 0.1) is 11.1 Å². The fourth-order valence-corrected chi connectivity index (χ4v) is 7.13. The number of rotatable bonds is 4. The standard InChI is InChI=1S/C44H27NO2/c1-3-11-28(12-4-1)29-19-21-35(22-20-29)45(34-17-5-2-6-18-34)39-27-37-36-23-30-13-7-9-15-32(30)25-40(36)46-43(37)44-42(39)38-24-31-14-8-10-16-33(31)26-41(38)47-44/h1-27H. The quantitative estimate of drug-likeness (QED) is 0.201. The smallest absolute Gasteiger partial charge is 0.180 e. The molecule has 0 amide bonds. The van der Waals surface area contributed by atoms with Gasteiger partial charge in [0.1, 0.15) is 11.2 Å². The van der Waals surface area contributed by atoms with E-state index in [0.717, 1.165) is 71.7 Å². The second-order valence-corrected chi connectivity index (χ2v) is 12.2. The van der Waals surface area contributed by atoms with Crippen LogP contribution in [-0.4, -0.2) is 0 Å². The fraction of sp³-hybridized carbons (Fsp3) is 0. The van der Waals surface area contributed by atoms with Gasteiger partial charge in [-0.15, -0.1) is 0 Å². The lowest BCUT2D eigenvalue weighted by atomic mass is 10.0. The first-order valence-corrected chi connectivity index (χ1v) is 15.9. The van der Waals surface area contributed by atoms with Crippen LogP contribution in [0.1, 0.15) is 0 Å². The highest BCUT2D eigenvalue weighted by molar-refractivity contribution is 6.26. The molecule has 0 aliphatic rings. The molecule has 0 fully saturated rings. The SMILES string of the molecule is c1ccc(-c2ccc(N(c3ccccc3)c3cc4c5cc6ccccc6cc5oc4c4oc5cc6ccccc6cc5c34)cc2)cc1. The molecule has 0 N–H and O–H groups in total. The Morgan fingerprint density at radius 1 is 0.362 bits per heavy atom. The van der Waals surface area contributed by atoms with Crippen molar-refractivity contribution in [3.8, 4) is 11.1 Å². The molecule has 0 radical (unpaired) electrons. The first-order chi connectivity index (χ1) is 23.3. The van der Waals surface area contributed by atoms with E-state index < -0.39 is 0 Å². The molecule has 3 nitrogen and oxygen atoms in total. The molecule has 3 heteroatoms.